The fourth-order valence-corrected chi connectivity index (χ4v) is 5.61. The number of para-hydroxylation sites is 3. The van der Waals surface area contributed by atoms with Gasteiger partial charge in [0.15, 0.2) is 12.7 Å². The molecule has 1 aromatic heterocycles. The van der Waals surface area contributed by atoms with Crippen molar-refractivity contribution in [3.05, 3.63) is 156 Å². The van der Waals surface area contributed by atoms with E-state index in [0.717, 1.165) is 39.3 Å². The Hall–Kier alpha value is -4.89. The Morgan fingerprint density at radius 3 is 2.14 bits per heavy atom. The molecule has 0 aliphatic carbocycles. The molecule has 2 aliphatic rings. The minimum absolute atomic E-state index is 0. The SMILES string of the molecule is CN1C=C/C(=C\C=C\C2=[N+](C)N(c3ccccc3)c3c(n(-c4ccccc4)c(=O)c4ccccc34)O2)c2ccccc21.[I-]. The van der Waals surface area contributed by atoms with Gasteiger partial charge in [-0.1, -0.05) is 89.6 Å². The van der Waals surface area contributed by atoms with Gasteiger partial charge in [-0.3, -0.25) is 4.79 Å². The van der Waals surface area contributed by atoms with Gasteiger partial charge >= 0.3 is 5.90 Å². The van der Waals surface area contributed by atoms with Crippen molar-refractivity contribution < 1.29 is 33.4 Å². The number of rotatable bonds is 4. The zero-order chi connectivity index (χ0) is 28.6. The number of nitrogens with zero attached hydrogens (tertiary/aromatic N) is 4. The van der Waals surface area contributed by atoms with Crippen LogP contribution in [0.1, 0.15) is 5.56 Å². The van der Waals surface area contributed by atoms with E-state index >= 15 is 0 Å². The Labute approximate surface area is 267 Å². The third-order valence-corrected chi connectivity index (χ3v) is 7.66. The number of aromatic nitrogens is 1. The molecule has 0 atom stereocenters. The zero-order valence-corrected chi connectivity index (χ0v) is 25.9. The van der Waals surface area contributed by atoms with Crippen LogP contribution in [-0.2, 0) is 0 Å². The lowest BCUT2D eigenvalue weighted by atomic mass is 10.00. The second kappa shape index (κ2) is 11.8. The van der Waals surface area contributed by atoms with Gasteiger partial charge in [0.25, 0.3) is 5.56 Å². The number of ether oxygens (including phenoxy) is 1. The van der Waals surface area contributed by atoms with Gasteiger partial charge in [0.05, 0.1) is 17.1 Å². The van der Waals surface area contributed by atoms with Crippen molar-refractivity contribution in [2.24, 2.45) is 0 Å². The molecule has 4 aromatic carbocycles. The first kappa shape index (κ1) is 28.2. The number of pyridine rings is 1. The second-order valence-corrected chi connectivity index (χ2v) is 10.2. The molecule has 7 rings (SSSR count). The largest absolute Gasteiger partial charge is 1.00 e. The van der Waals surface area contributed by atoms with E-state index in [9.17, 15) is 4.79 Å². The highest BCUT2D eigenvalue weighted by Gasteiger charge is 2.37. The summed E-state index contributed by atoms with van der Waals surface area (Å²) >= 11 is 0. The first-order chi connectivity index (χ1) is 20.6. The normalized spacial score (nSPS) is 15.0. The molecule has 6 nitrogen and oxygen atoms in total. The van der Waals surface area contributed by atoms with Gasteiger partial charge in [-0.25, -0.2) is 4.57 Å². The van der Waals surface area contributed by atoms with Crippen LogP contribution in [0.15, 0.2) is 144 Å². The Morgan fingerprint density at radius 2 is 1.40 bits per heavy atom. The number of hydrogen-bond acceptors (Lipinski definition) is 4. The predicted molar refractivity (Wildman–Crippen MR) is 171 cm³/mol. The number of allylic oxidation sites excluding steroid dienone is 4. The van der Waals surface area contributed by atoms with Crippen molar-refractivity contribution in [1.82, 2.24) is 4.57 Å². The van der Waals surface area contributed by atoms with Crippen LogP contribution in [0, 0.1) is 0 Å². The van der Waals surface area contributed by atoms with Gasteiger partial charge in [-0.2, -0.15) is 0 Å². The van der Waals surface area contributed by atoms with Crippen LogP contribution >= 0.6 is 0 Å². The number of hydrazine groups is 1. The Morgan fingerprint density at radius 1 is 0.767 bits per heavy atom. The highest BCUT2D eigenvalue weighted by Crippen LogP contribution is 2.42. The lowest BCUT2D eigenvalue weighted by Gasteiger charge is -2.29. The molecule has 0 saturated carbocycles. The summed E-state index contributed by atoms with van der Waals surface area (Å²) < 4.78 is 10.3. The van der Waals surface area contributed by atoms with Crippen LogP contribution in [0.2, 0.25) is 0 Å². The fraction of sp³-hybridized carbons (Fsp3) is 0.0556. The average molecular weight is 677 g/mol. The molecule has 5 aromatic rings. The molecule has 0 spiro atoms. The summed E-state index contributed by atoms with van der Waals surface area (Å²) in [5, 5.41) is 3.55. The summed E-state index contributed by atoms with van der Waals surface area (Å²) in [6.45, 7) is 0. The van der Waals surface area contributed by atoms with Gasteiger partial charge in [0.2, 0.25) is 5.88 Å². The topological polar surface area (TPSA) is 40.7 Å². The molecule has 7 heteroatoms. The number of anilines is 3. The number of halogens is 1. The third-order valence-electron chi connectivity index (χ3n) is 7.66. The first-order valence-corrected chi connectivity index (χ1v) is 13.9. The van der Waals surface area contributed by atoms with Crippen molar-refractivity contribution in [2.45, 2.75) is 0 Å². The minimum atomic E-state index is -0.133. The average Bonchev–Trinajstić information content (AvgIpc) is 3.04. The molecular weight excluding hydrogens is 647 g/mol. The molecule has 43 heavy (non-hydrogen) atoms. The standard InChI is InChI=1S/C36H29N4O2.HI/c1-37-25-24-26(29-19-11-12-22-32(29)37)14-13-23-33-38(2)40(28-17-7-4-8-18-28)34-30-20-9-10-21-31(30)35(41)39(36(34)42-33)27-15-5-3-6-16-27;/h3-25H,1-2H3;1H/q+1;/p-1. The van der Waals surface area contributed by atoms with E-state index in [4.69, 9.17) is 4.74 Å². The third kappa shape index (κ3) is 4.95. The van der Waals surface area contributed by atoms with Gasteiger partial charge in [0, 0.05) is 29.9 Å². The van der Waals surface area contributed by atoms with Crippen LogP contribution in [0.5, 0.6) is 5.88 Å². The van der Waals surface area contributed by atoms with Gasteiger partial charge < -0.3 is 33.6 Å². The number of hydrogen-bond donors (Lipinski definition) is 0. The van der Waals surface area contributed by atoms with Crippen LogP contribution in [0.4, 0.5) is 17.1 Å². The van der Waals surface area contributed by atoms with Crippen LogP contribution < -0.4 is 44.2 Å². The van der Waals surface area contributed by atoms with Gasteiger partial charge in [0.1, 0.15) is 5.69 Å². The van der Waals surface area contributed by atoms with Crippen molar-refractivity contribution >= 4 is 39.3 Å². The smallest absolute Gasteiger partial charge is 0.398 e. The molecule has 212 valence electrons. The van der Waals surface area contributed by atoms with Crippen molar-refractivity contribution in [2.75, 3.05) is 24.0 Å². The maximum atomic E-state index is 14.0. The molecule has 0 N–H and O–H groups in total. The molecule has 0 radical (unpaired) electrons. The van der Waals surface area contributed by atoms with Crippen LogP contribution in [0.25, 0.3) is 22.0 Å². The zero-order valence-electron chi connectivity index (χ0n) is 23.8. The van der Waals surface area contributed by atoms with Crippen molar-refractivity contribution in [3.63, 3.8) is 0 Å². The molecule has 3 heterocycles. The maximum Gasteiger partial charge on any atom is 0.398 e. The van der Waals surface area contributed by atoms with E-state index in [2.05, 4.69) is 58.6 Å². The van der Waals surface area contributed by atoms with E-state index in [1.807, 2.05) is 110 Å². The van der Waals surface area contributed by atoms with Crippen LogP contribution in [0.3, 0.4) is 0 Å². The van der Waals surface area contributed by atoms with Gasteiger partial charge in [-0.15, -0.1) is 5.01 Å². The van der Waals surface area contributed by atoms with E-state index < -0.39 is 0 Å². The van der Waals surface area contributed by atoms with E-state index in [1.54, 1.807) is 4.57 Å². The lowest BCUT2D eigenvalue weighted by molar-refractivity contribution is -0.509. The van der Waals surface area contributed by atoms with E-state index in [-0.39, 0.29) is 29.5 Å². The quantitative estimate of drug-likeness (QED) is 0.213. The molecule has 0 bridgehead atoms. The number of fused-ring (bicyclic) bond motifs is 4. The highest BCUT2D eigenvalue weighted by atomic mass is 127. The number of hydrazone groups is 1. The van der Waals surface area contributed by atoms with Crippen molar-refractivity contribution in [1.29, 1.82) is 0 Å². The summed E-state index contributed by atoms with van der Waals surface area (Å²) in [5.74, 6) is 1.04. The molecule has 0 unspecified atom stereocenters. The Kier molecular flexibility index (Phi) is 7.73. The minimum Gasteiger partial charge on any atom is -1.00 e. The fourth-order valence-electron chi connectivity index (χ4n) is 5.61. The molecule has 0 fully saturated rings. The van der Waals surface area contributed by atoms with Crippen LogP contribution in [-0.4, -0.2) is 29.2 Å². The first-order valence-electron chi connectivity index (χ1n) is 13.9. The Balaban J connectivity index is 0.00000329. The molecule has 0 amide bonds. The van der Waals surface area contributed by atoms with Gasteiger partial charge in [-0.05, 0) is 48.0 Å². The summed E-state index contributed by atoms with van der Waals surface area (Å²) in [7, 11) is 4.02. The van der Waals surface area contributed by atoms with E-state index in [1.165, 1.54) is 0 Å². The predicted octanol–water partition coefficient (Wildman–Crippen LogP) is 4.08. The molecular formula is C36H29IN4O2. The van der Waals surface area contributed by atoms with Crippen molar-refractivity contribution in [3.8, 4) is 11.6 Å². The maximum absolute atomic E-state index is 14.0. The summed E-state index contributed by atoms with van der Waals surface area (Å²) in [5.41, 5.74) is 5.77. The molecule has 2 aliphatic heterocycles. The number of benzene rings is 4. The second-order valence-electron chi connectivity index (χ2n) is 10.2. The lowest BCUT2D eigenvalue weighted by Crippen LogP contribution is -3.00. The Bertz CT molecular complexity index is 2010. The summed E-state index contributed by atoms with van der Waals surface area (Å²) in [4.78, 5) is 16.1. The highest BCUT2D eigenvalue weighted by molar-refractivity contribution is 6.01. The van der Waals surface area contributed by atoms with E-state index in [0.29, 0.717) is 17.2 Å². The summed E-state index contributed by atoms with van der Waals surface area (Å²) in [6.07, 6.45) is 10.2. The monoisotopic (exact) mass is 676 g/mol. The summed E-state index contributed by atoms with van der Waals surface area (Å²) in [6, 6.07) is 35.8. The molecule has 0 saturated heterocycles.